The predicted molar refractivity (Wildman–Crippen MR) is 153 cm³/mol. The minimum Gasteiger partial charge on any atom is -0.420 e. The highest BCUT2D eigenvalue weighted by Gasteiger charge is 2.32. The van der Waals surface area contributed by atoms with Gasteiger partial charge >= 0.3 is 0 Å². The van der Waals surface area contributed by atoms with Gasteiger partial charge in [-0.05, 0) is 48.4 Å². The minimum absolute atomic E-state index is 0.135. The van der Waals surface area contributed by atoms with Crippen molar-refractivity contribution in [2.24, 2.45) is 0 Å². The Labute approximate surface area is 230 Å². The van der Waals surface area contributed by atoms with Crippen LogP contribution in [0.2, 0.25) is 0 Å². The Hall–Kier alpha value is -4.08. The average Bonchev–Trinajstić information content (AvgIpc) is 3.49. The summed E-state index contributed by atoms with van der Waals surface area (Å²) in [5.41, 5.74) is 4.61. The zero-order valence-corrected chi connectivity index (χ0v) is 22.2. The number of aryl methyl sites for hydroxylation is 1. The number of rotatable bonds is 8. The van der Waals surface area contributed by atoms with E-state index in [4.69, 9.17) is 16.6 Å². The van der Waals surface area contributed by atoms with Gasteiger partial charge in [0.2, 0.25) is 17.7 Å². The molecule has 2 heterocycles. The summed E-state index contributed by atoms with van der Waals surface area (Å²) < 4.78 is 6.23. The van der Waals surface area contributed by atoms with Crippen molar-refractivity contribution in [1.29, 1.82) is 0 Å². The lowest BCUT2D eigenvalue weighted by atomic mass is 10.1. The molecule has 0 bridgehead atoms. The molecular formula is C29H24N4O3S2. The van der Waals surface area contributed by atoms with Crippen LogP contribution in [-0.4, -0.2) is 37.8 Å². The molecule has 38 heavy (non-hydrogen) atoms. The van der Waals surface area contributed by atoms with Crippen LogP contribution in [0.3, 0.4) is 0 Å². The monoisotopic (exact) mass is 540 g/mol. The van der Waals surface area contributed by atoms with Gasteiger partial charge in [0.05, 0.1) is 11.3 Å². The minimum atomic E-state index is -0.196. The summed E-state index contributed by atoms with van der Waals surface area (Å²) in [6.45, 7) is 2.24. The first kappa shape index (κ1) is 25.6. The summed E-state index contributed by atoms with van der Waals surface area (Å²) in [5, 5.41) is 11.1. The standard InChI is InChI=1S/C29H24N4O3S2/c1-19-7-9-20(10-8-19)17-24-28(35)33(29(37)38-24)16-15-25(34)30-23-13-11-21(12-14-23)18-26-31-32-27(36-26)22-5-3-2-4-6-22/h2-14,17H,15-16,18H2,1H3,(H,30,34)/b24-17-. The largest absolute Gasteiger partial charge is 0.420 e. The lowest BCUT2D eigenvalue weighted by molar-refractivity contribution is -0.122. The molecule has 1 saturated heterocycles. The lowest BCUT2D eigenvalue weighted by Gasteiger charge is -2.14. The molecule has 1 aliphatic rings. The van der Waals surface area contributed by atoms with E-state index < -0.39 is 0 Å². The van der Waals surface area contributed by atoms with Gasteiger partial charge in [0.1, 0.15) is 4.32 Å². The number of hydrogen-bond donors (Lipinski definition) is 1. The highest BCUT2D eigenvalue weighted by Crippen LogP contribution is 2.32. The Balaban J connectivity index is 1.12. The normalized spacial score (nSPS) is 14.3. The summed E-state index contributed by atoms with van der Waals surface area (Å²) in [5.74, 6) is 0.630. The molecule has 0 atom stereocenters. The molecule has 1 fully saturated rings. The number of anilines is 1. The van der Waals surface area contributed by atoms with E-state index in [-0.39, 0.29) is 24.8 Å². The van der Waals surface area contributed by atoms with Crippen molar-refractivity contribution in [1.82, 2.24) is 15.1 Å². The molecule has 0 spiro atoms. The Morgan fingerprint density at radius 1 is 1.03 bits per heavy atom. The maximum Gasteiger partial charge on any atom is 0.266 e. The average molecular weight is 541 g/mol. The van der Waals surface area contributed by atoms with Crippen LogP contribution in [0.1, 0.15) is 29.0 Å². The number of amides is 2. The van der Waals surface area contributed by atoms with E-state index in [0.717, 1.165) is 22.3 Å². The van der Waals surface area contributed by atoms with E-state index in [1.165, 1.54) is 16.7 Å². The van der Waals surface area contributed by atoms with Crippen LogP contribution in [-0.2, 0) is 16.0 Å². The molecule has 0 radical (unpaired) electrons. The number of nitrogens with one attached hydrogen (secondary N) is 1. The second-order valence-electron chi connectivity index (χ2n) is 8.78. The summed E-state index contributed by atoms with van der Waals surface area (Å²) >= 11 is 6.65. The maximum absolute atomic E-state index is 12.8. The van der Waals surface area contributed by atoms with Gasteiger partial charge in [0, 0.05) is 24.2 Å². The molecule has 5 rings (SSSR count). The molecule has 1 aliphatic heterocycles. The number of thiocarbonyl (C=S) groups is 1. The molecule has 1 N–H and O–H groups in total. The highest BCUT2D eigenvalue weighted by atomic mass is 32.2. The fourth-order valence-corrected chi connectivity index (χ4v) is 5.16. The number of nitrogens with zero attached hydrogens (tertiary/aromatic N) is 3. The first-order chi connectivity index (χ1) is 18.4. The summed E-state index contributed by atoms with van der Waals surface area (Å²) in [4.78, 5) is 27.4. The van der Waals surface area contributed by atoms with Gasteiger partial charge in [-0.15, -0.1) is 10.2 Å². The molecule has 7 nitrogen and oxygen atoms in total. The molecule has 4 aromatic rings. The fraction of sp³-hybridized carbons (Fsp3) is 0.138. The summed E-state index contributed by atoms with van der Waals surface area (Å²) in [6, 6.07) is 25.0. The molecule has 9 heteroatoms. The zero-order valence-electron chi connectivity index (χ0n) is 20.6. The number of aromatic nitrogens is 2. The third-order valence-corrected chi connectivity index (χ3v) is 7.27. The van der Waals surface area contributed by atoms with Crippen molar-refractivity contribution >= 4 is 51.9 Å². The first-order valence-electron chi connectivity index (χ1n) is 12.0. The number of carbonyl (C=O) groups excluding carboxylic acids is 2. The van der Waals surface area contributed by atoms with Crippen molar-refractivity contribution < 1.29 is 14.0 Å². The number of hydrogen-bond acceptors (Lipinski definition) is 7. The summed E-state index contributed by atoms with van der Waals surface area (Å²) in [6.07, 6.45) is 2.45. The van der Waals surface area contributed by atoms with E-state index in [9.17, 15) is 9.59 Å². The third-order valence-electron chi connectivity index (χ3n) is 5.89. The van der Waals surface area contributed by atoms with Gasteiger partial charge in [-0.25, -0.2) is 0 Å². The van der Waals surface area contributed by atoms with Crippen molar-refractivity contribution in [2.75, 3.05) is 11.9 Å². The first-order valence-corrected chi connectivity index (χ1v) is 13.3. The predicted octanol–water partition coefficient (Wildman–Crippen LogP) is 5.87. The molecule has 1 aromatic heterocycles. The number of thioether (sulfide) groups is 1. The van der Waals surface area contributed by atoms with Crippen LogP contribution in [0, 0.1) is 6.92 Å². The second-order valence-corrected chi connectivity index (χ2v) is 10.5. The van der Waals surface area contributed by atoms with Crippen molar-refractivity contribution in [2.45, 2.75) is 19.8 Å². The van der Waals surface area contributed by atoms with Crippen molar-refractivity contribution in [3.05, 3.63) is 106 Å². The molecular weight excluding hydrogens is 516 g/mol. The van der Waals surface area contributed by atoms with Crippen LogP contribution in [0.5, 0.6) is 0 Å². The van der Waals surface area contributed by atoms with E-state index >= 15 is 0 Å². The number of carbonyl (C=O) groups is 2. The van der Waals surface area contributed by atoms with Gasteiger partial charge in [-0.2, -0.15) is 0 Å². The number of benzene rings is 3. The molecule has 3 aromatic carbocycles. The highest BCUT2D eigenvalue weighted by molar-refractivity contribution is 8.26. The van der Waals surface area contributed by atoms with E-state index in [1.54, 1.807) is 0 Å². The molecule has 190 valence electrons. The van der Waals surface area contributed by atoms with E-state index in [0.29, 0.717) is 33.1 Å². The Kier molecular flexibility index (Phi) is 7.76. The van der Waals surface area contributed by atoms with Gasteiger partial charge in [-0.1, -0.05) is 84.1 Å². The van der Waals surface area contributed by atoms with E-state index in [1.807, 2.05) is 91.9 Å². The van der Waals surface area contributed by atoms with Gasteiger partial charge in [-0.3, -0.25) is 14.5 Å². The third kappa shape index (κ3) is 6.24. The van der Waals surface area contributed by atoms with Crippen molar-refractivity contribution in [3.63, 3.8) is 0 Å². The van der Waals surface area contributed by atoms with Crippen molar-refractivity contribution in [3.8, 4) is 11.5 Å². The van der Waals surface area contributed by atoms with Crippen LogP contribution >= 0.6 is 24.0 Å². The zero-order chi connectivity index (χ0) is 26.5. The Morgan fingerprint density at radius 3 is 2.50 bits per heavy atom. The fourth-order valence-electron chi connectivity index (χ4n) is 3.85. The van der Waals surface area contributed by atoms with Gasteiger partial charge in [0.25, 0.3) is 5.91 Å². The molecule has 0 unspecified atom stereocenters. The maximum atomic E-state index is 12.8. The van der Waals surface area contributed by atoms with Gasteiger partial charge < -0.3 is 9.73 Å². The van der Waals surface area contributed by atoms with E-state index in [2.05, 4.69) is 15.5 Å². The van der Waals surface area contributed by atoms with Gasteiger partial charge in [0.15, 0.2) is 0 Å². The summed E-state index contributed by atoms with van der Waals surface area (Å²) in [7, 11) is 0. The molecule has 2 amide bonds. The smallest absolute Gasteiger partial charge is 0.266 e. The lowest BCUT2D eigenvalue weighted by Crippen LogP contribution is -2.31. The quantitative estimate of drug-likeness (QED) is 0.221. The topological polar surface area (TPSA) is 88.3 Å². The second kappa shape index (κ2) is 11.5. The molecule has 0 saturated carbocycles. The van der Waals surface area contributed by atoms with Crippen LogP contribution in [0.4, 0.5) is 5.69 Å². The van der Waals surface area contributed by atoms with Crippen LogP contribution in [0.15, 0.2) is 88.2 Å². The van der Waals surface area contributed by atoms with Crippen LogP contribution in [0.25, 0.3) is 17.5 Å². The Morgan fingerprint density at radius 2 is 1.76 bits per heavy atom. The van der Waals surface area contributed by atoms with Crippen LogP contribution < -0.4 is 5.32 Å². The Bertz CT molecular complexity index is 1500. The molecule has 0 aliphatic carbocycles. The SMILES string of the molecule is Cc1ccc(/C=C2\SC(=S)N(CCC(=O)Nc3ccc(Cc4nnc(-c5ccccc5)o4)cc3)C2=O)cc1.